The average Bonchev–Trinajstić information content (AvgIpc) is 3.03. The molecule has 166 valence electrons. The number of anilines is 1. The Balaban J connectivity index is 1.77. The molecule has 3 N–H and O–H groups in total. The van der Waals surface area contributed by atoms with Gasteiger partial charge in [0, 0.05) is 12.2 Å². The van der Waals surface area contributed by atoms with Crippen molar-refractivity contribution in [2.24, 2.45) is 5.14 Å². The Hall–Kier alpha value is -2.28. The zero-order valence-corrected chi connectivity index (χ0v) is 18.3. The van der Waals surface area contributed by atoms with E-state index in [2.05, 4.69) is 10.3 Å². The number of rotatable bonds is 6. The number of aromatic nitrogens is 2. The smallest absolute Gasteiger partial charge is 0.325 e. The second-order valence-electron chi connectivity index (χ2n) is 6.36. The second-order valence-corrected chi connectivity index (χ2v) is 9.27. The first-order valence-electron chi connectivity index (χ1n) is 8.72. The van der Waals surface area contributed by atoms with Crippen LogP contribution in [-0.2, 0) is 27.5 Å². The second kappa shape index (κ2) is 8.69. The van der Waals surface area contributed by atoms with Gasteiger partial charge in [0.25, 0.3) is 0 Å². The number of nitrogens with two attached hydrogens (primary N) is 1. The van der Waals surface area contributed by atoms with Crippen LogP contribution in [0.25, 0.3) is 11.0 Å². The Morgan fingerprint density at radius 2 is 1.97 bits per heavy atom. The van der Waals surface area contributed by atoms with E-state index in [-0.39, 0.29) is 16.3 Å². The number of sulfonamides is 1. The molecular formula is C18H16ClF3N4O3S2. The molecule has 0 unspecified atom stereocenters. The Morgan fingerprint density at radius 3 is 2.58 bits per heavy atom. The molecule has 0 aliphatic carbocycles. The summed E-state index contributed by atoms with van der Waals surface area (Å²) in [4.78, 5) is 16.5. The number of imidazole rings is 1. The minimum absolute atomic E-state index is 0.0379. The van der Waals surface area contributed by atoms with E-state index in [4.69, 9.17) is 16.7 Å². The molecule has 13 heteroatoms. The van der Waals surface area contributed by atoms with E-state index >= 15 is 0 Å². The third-order valence-corrected chi connectivity index (χ3v) is 6.43. The summed E-state index contributed by atoms with van der Waals surface area (Å²) in [5, 5.41) is 7.53. The van der Waals surface area contributed by atoms with Crippen LogP contribution in [0.2, 0.25) is 5.02 Å². The van der Waals surface area contributed by atoms with Gasteiger partial charge in [-0.15, -0.1) is 0 Å². The maximum atomic E-state index is 13.0. The summed E-state index contributed by atoms with van der Waals surface area (Å²) in [7, 11) is -3.89. The lowest BCUT2D eigenvalue weighted by atomic mass is 10.2. The van der Waals surface area contributed by atoms with Crippen molar-refractivity contribution in [3.8, 4) is 0 Å². The van der Waals surface area contributed by atoms with Crippen molar-refractivity contribution in [1.29, 1.82) is 0 Å². The van der Waals surface area contributed by atoms with Crippen molar-refractivity contribution in [2.45, 2.75) is 29.7 Å². The zero-order valence-electron chi connectivity index (χ0n) is 15.9. The maximum Gasteiger partial charge on any atom is 0.417 e. The van der Waals surface area contributed by atoms with Crippen LogP contribution in [0.5, 0.6) is 0 Å². The number of hydrogen-bond donors (Lipinski definition) is 2. The Kier molecular flexibility index (Phi) is 6.56. The van der Waals surface area contributed by atoms with Gasteiger partial charge in [0.1, 0.15) is 0 Å². The van der Waals surface area contributed by atoms with Crippen molar-refractivity contribution in [3.05, 3.63) is 47.0 Å². The van der Waals surface area contributed by atoms with E-state index in [1.807, 2.05) is 6.92 Å². The molecule has 2 aromatic carbocycles. The number of hydrogen-bond acceptors (Lipinski definition) is 5. The van der Waals surface area contributed by atoms with Crippen LogP contribution in [0.15, 0.2) is 46.5 Å². The Bertz CT molecular complexity index is 1260. The summed E-state index contributed by atoms with van der Waals surface area (Å²) in [6.07, 6.45) is -4.64. The number of carbonyl (C=O) groups is 1. The van der Waals surface area contributed by atoms with Gasteiger partial charge in [-0.05, 0) is 43.3 Å². The van der Waals surface area contributed by atoms with Gasteiger partial charge in [0.15, 0.2) is 5.16 Å². The minimum atomic E-state index is -4.64. The van der Waals surface area contributed by atoms with Crippen LogP contribution in [0.4, 0.5) is 18.9 Å². The molecule has 0 fully saturated rings. The first-order valence-corrected chi connectivity index (χ1v) is 11.6. The van der Waals surface area contributed by atoms with Gasteiger partial charge in [-0.2, -0.15) is 13.2 Å². The number of thioether (sulfide) groups is 1. The fraction of sp³-hybridized carbons (Fsp3) is 0.222. The molecule has 0 spiro atoms. The molecular weight excluding hydrogens is 477 g/mol. The number of alkyl halides is 3. The van der Waals surface area contributed by atoms with E-state index in [0.717, 1.165) is 23.9 Å². The highest BCUT2D eigenvalue weighted by Crippen LogP contribution is 2.36. The lowest BCUT2D eigenvalue weighted by Crippen LogP contribution is -2.15. The molecule has 0 atom stereocenters. The quantitative estimate of drug-likeness (QED) is 0.504. The normalized spacial score (nSPS) is 12.3. The molecule has 1 heterocycles. The highest BCUT2D eigenvalue weighted by Gasteiger charge is 2.33. The summed E-state index contributed by atoms with van der Waals surface area (Å²) >= 11 is 6.64. The van der Waals surface area contributed by atoms with Gasteiger partial charge >= 0.3 is 6.18 Å². The third kappa shape index (κ3) is 5.32. The lowest BCUT2D eigenvalue weighted by molar-refractivity contribution is -0.137. The van der Waals surface area contributed by atoms with Crippen LogP contribution in [0, 0.1) is 0 Å². The summed E-state index contributed by atoms with van der Waals surface area (Å²) in [6, 6.07) is 7.38. The number of halogens is 4. The van der Waals surface area contributed by atoms with Crippen LogP contribution in [0.1, 0.15) is 12.5 Å². The van der Waals surface area contributed by atoms with Crippen LogP contribution < -0.4 is 10.5 Å². The van der Waals surface area contributed by atoms with E-state index in [9.17, 15) is 26.4 Å². The number of nitrogens with one attached hydrogen (secondary N) is 1. The maximum absolute atomic E-state index is 13.0. The zero-order chi connectivity index (χ0) is 23.0. The number of carbonyl (C=O) groups excluding carboxylic acids is 1. The summed E-state index contributed by atoms with van der Waals surface area (Å²) in [5.41, 5.74) is -0.0312. The van der Waals surface area contributed by atoms with Crippen molar-refractivity contribution in [1.82, 2.24) is 9.55 Å². The van der Waals surface area contributed by atoms with E-state index in [0.29, 0.717) is 22.7 Å². The molecule has 1 aromatic heterocycles. The van der Waals surface area contributed by atoms with Gasteiger partial charge in [-0.3, -0.25) is 4.79 Å². The number of aryl methyl sites for hydroxylation is 1. The summed E-state index contributed by atoms with van der Waals surface area (Å²) in [5.74, 6) is -0.671. The Morgan fingerprint density at radius 1 is 1.26 bits per heavy atom. The van der Waals surface area contributed by atoms with E-state index in [1.54, 1.807) is 10.6 Å². The molecule has 0 radical (unpaired) electrons. The molecule has 0 aliphatic heterocycles. The third-order valence-electron chi connectivity index (χ3n) is 4.22. The molecule has 0 saturated carbocycles. The van der Waals surface area contributed by atoms with Crippen molar-refractivity contribution >= 4 is 56.0 Å². The number of primary sulfonamides is 1. The van der Waals surface area contributed by atoms with Gasteiger partial charge in [0.2, 0.25) is 15.9 Å². The number of nitrogens with zero attached hydrogens (tertiary/aromatic N) is 2. The fourth-order valence-electron chi connectivity index (χ4n) is 2.83. The molecule has 0 saturated heterocycles. The predicted molar refractivity (Wildman–Crippen MR) is 113 cm³/mol. The summed E-state index contributed by atoms with van der Waals surface area (Å²) < 4.78 is 63.8. The molecule has 0 aliphatic rings. The largest absolute Gasteiger partial charge is 0.417 e. The lowest BCUT2D eigenvalue weighted by Gasteiger charge is -2.12. The van der Waals surface area contributed by atoms with Gasteiger partial charge in [-0.1, -0.05) is 23.4 Å². The van der Waals surface area contributed by atoms with Crippen LogP contribution in [0.3, 0.4) is 0 Å². The van der Waals surface area contributed by atoms with E-state index in [1.165, 1.54) is 18.2 Å². The molecule has 0 bridgehead atoms. The number of amides is 1. The van der Waals surface area contributed by atoms with Crippen molar-refractivity contribution < 1.29 is 26.4 Å². The molecule has 3 rings (SSSR count). The number of fused-ring (bicyclic) bond motifs is 1. The van der Waals surface area contributed by atoms with Gasteiger partial charge < -0.3 is 9.88 Å². The highest BCUT2D eigenvalue weighted by molar-refractivity contribution is 7.99. The fourth-order valence-corrected chi connectivity index (χ4v) is 4.46. The monoisotopic (exact) mass is 492 g/mol. The molecule has 7 nitrogen and oxygen atoms in total. The molecule has 1 amide bonds. The van der Waals surface area contributed by atoms with Crippen molar-refractivity contribution in [2.75, 3.05) is 11.1 Å². The minimum Gasteiger partial charge on any atom is -0.325 e. The topological polar surface area (TPSA) is 107 Å². The summed E-state index contributed by atoms with van der Waals surface area (Å²) in [6.45, 7) is 2.35. The standard InChI is InChI=1S/C18H16ClF3N4O3S2/c1-2-26-15-6-4-11(31(23,28)29)8-14(15)25-17(26)30-9-16(27)24-10-3-5-13(19)12(7-10)18(20,21)22/h3-8H,2,9H2,1H3,(H,24,27)(H2,23,28,29). The highest BCUT2D eigenvalue weighted by atomic mass is 35.5. The van der Waals surface area contributed by atoms with Gasteiger partial charge in [-0.25, -0.2) is 18.5 Å². The Labute approximate surface area is 184 Å². The molecule has 3 aromatic rings. The predicted octanol–water partition coefficient (Wildman–Crippen LogP) is 4.11. The first kappa shape index (κ1) is 23.4. The SMILES string of the molecule is CCn1c(SCC(=O)Nc2ccc(Cl)c(C(F)(F)F)c2)nc2cc(S(N)(=O)=O)ccc21. The first-order chi connectivity index (χ1) is 14.4. The van der Waals surface area contributed by atoms with Crippen LogP contribution in [-0.4, -0.2) is 29.6 Å². The van der Waals surface area contributed by atoms with Crippen LogP contribution >= 0.6 is 23.4 Å². The number of benzene rings is 2. The average molecular weight is 493 g/mol. The van der Waals surface area contributed by atoms with Gasteiger partial charge in [0.05, 0.1) is 32.3 Å². The van der Waals surface area contributed by atoms with E-state index < -0.39 is 32.7 Å². The van der Waals surface area contributed by atoms with Crippen molar-refractivity contribution in [3.63, 3.8) is 0 Å². The molecule has 31 heavy (non-hydrogen) atoms.